The van der Waals surface area contributed by atoms with Crippen LogP contribution in [0.2, 0.25) is 0 Å². The Labute approximate surface area is 78.6 Å². The Bertz CT molecular complexity index is 266. The van der Waals surface area contributed by atoms with E-state index in [-0.39, 0.29) is 0 Å². The first-order valence-electron chi connectivity index (χ1n) is 4.96. The molecule has 1 heterocycles. The molecule has 1 aliphatic carbocycles. The maximum absolute atomic E-state index is 10.3. The van der Waals surface area contributed by atoms with E-state index in [2.05, 4.69) is 6.92 Å². The summed E-state index contributed by atoms with van der Waals surface area (Å²) in [5, 5.41) is 10.3. The van der Waals surface area contributed by atoms with Crippen LogP contribution in [-0.4, -0.2) is 5.11 Å². The predicted molar refractivity (Wildman–Crippen MR) is 50.2 cm³/mol. The maximum Gasteiger partial charge on any atom is 0.0963 e. The lowest BCUT2D eigenvalue weighted by Crippen LogP contribution is -2.31. The Hall–Kier alpha value is -0.760. The molecule has 2 unspecified atom stereocenters. The van der Waals surface area contributed by atoms with Gasteiger partial charge in [0.05, 0.1) is 18.1 Å². The van der Waals surface area contributed by atoms with Gasteiger partial charge in [-0.3, -0.25) is 0 Å². The third-order valence-corrected chi connectivity index (χ3v) is 3.03. The molecule has 1 saturated carbocycles. The monoisotopic (exact) mass is 180 g/mol. The summed E-state index contributed by atoms with van der Waals surface area (Å²) in [4.78, 5) is 0. The fourth-order valence-electron chi connectivity index (χ4n) is 2.32. The van der Waals surface area contributed by atoms with E-state index in [0.717, 1.165) is 24.8 Å². The smallest absolute Gasteiger partial charge is 0.0963 e. The van der Waals surface area contributed by atoms with E-state index in [4.69, 9.17) is 4.42 Å². The van der Waals surface area contributed by atoms with Gasteiger partial charge < -0.3 is 9.52 Å². The summed E-state index contributed by atoms with van der Waals surface area (Å²) in [7, 11) is 0. The minimum atomic E-state index is -0.620. The van der Waals surface area contributed by atoms with Crippen LogP contribution in [0.4, 0.5) is 0 Å². The first kappa shape index (κ1) is 8.82. The van der Waals surface area contributed by atoms with Gasteiger partial charge in [0.15, 0.2) is 0 Å². The zero-order valence-electron chi connectivity index (χ0n) is 7.99. The van der Waals surface area contributed by atoms with Gasteiger partial charge in [0.25, 0.3) is 0 Å². The van der Waals surface area contributed by atoms with Crippen LogP contribution < -0.4 is 0 Å². The molecule has 0 aromatic carbocycles. The summed E-state index contributed by atoms with van der Waals surface area (Å²) >= 11 is 0. The molecular formula is C11H16O2. The summed E-state index contributed by atoms with van der Waals surface area (Å²) in [6.45, 7) is 2.20. The van der Waals surface area contributed by atoms with Crippen LogP contribution in [0.5, 0.6) is 0 Å². The molecule has 1 aromatic rings. The van der Waals surface area contributed by atoms with Crippen molar-refractivity contribution in [2.75, 3.05) is 0 Å². The Kier molecular flexibility index (Phi) is 2.16. The molecule has 0 aliphatic heterocycles. The minimum absolute atomic E-state index is 0.619. The number of aliphatic hydroxyl groups is 1. The zero-order chi connectivity index (χ0) is 9.31. The zero-order valence-corrected chi connectivity index (χ0v) is 7.99. The van der Waals surface area contributed by atoms with E-state index in [1.807, 2.05) is 6.07 Å². The first-order chi connectivity index (χ1) is 6.21. The number of rotatable bonds is 1. The van der Waals surface area contributed by atoms with Crippen LogP contribution in [0.1, 0.15) is 38.2 Å². The van der Waals surface area contributed by atoms with Crippen LogP contribution in [0.15, 0.2) is 23.0 Å². The molecule has 0 bridgehead atoms. The van der Waals surface area contributed by atoms with Gasteiger partial charge >= 0.3 is 0 Å². The summed E-state index contributed by atoms with van der Waals surface area (Å²) in [5.41, 5.74) is 0.323. The van der Waals surface area contributed by atoms with Crippen LogP contribution in [-0.2, 0) is 5.60 Å². The summed E-state index contributed by atoms with van der Waals surface area (Å²) in [5.74, 6) is 0.619. The molecular weight excluding hydrogens is 164 g/mol. The van der Waals surface area contributed by atoms with Gasteiger partial charge in [-0.05, 0) is 31.2 Å². The van der Waals surface area contributed by atoms with Crippen LogP contribution in [0.25, 0.3) is 0 Å². The van der Waals surface area contributed by atoms with E-state index in [1.54, 1.807) is 12.5 Å². The second kappa shape index (κ2) is 3.18. The molecule has 72 valence electrons. The maximum atomic E-state index is 10.3. The molecule has 2 nitrogen and oxygen atoms in total. The van der Waals surface area contributed by atoms with Crippen LogP contribution in [0.3, 0.4) is 0 Å². The van der Waals surface area contributed by atoms with Crippen molar-refractivity contribution >= 4 is 0 Å². The van der Waals surface area contributed by atoms with E-state index < -0.39 is 5.60 Å². The van der Waals surface area contributed by atoms with Gasteiger partial charge in [-0.15, -0.1) is 0 Å². The quantitative estimate of drug-likeness (QED) is 0.720. The van der Waals surface area contributed by atoms with Gasteiger partial charge in [0.2, 0.25) is 0 Å². The number of hydrogen-bond donors (Lipinski definition) is 1. The Morgan fingerprint density at radius 2 is 2.46 bits per heavy atom. The molecule has 2 heteroatoms. The normalized spacial score (nSPS) is 34.8. The molecule has 2 rings (SSSR count). The second-order valence-corrected chi connectivity index (χ2v) is 4.25. The average molecular weight is 180 g/mol. The fourth-order valence-corrected chi connectivity index (χ4v) is 2.32. The molecule has 0 amide bonds. The predicted octanol–water partition coefficient (Wildman–Crippen LogP) is 2.68. The molecule has 0 spiro atoms. The molecule has 1 aliphatic rings. The number of hydrogen-bond acceptors (Lipinski definition) is 2. The van der Waals surface area contributed by atoms with E-state index in [9.17, 15) is 5.11 Å². The lowest BCUT2D eigenvalue weighted by atomic mass is 9.76. The van der Waals surface area contributed by atoms with Crippen molar-refractivity contribution in [1.29, 1.82) is 0 Å². The molecule has 1 fully saturated rings. The third-order valence-electron chi connectivity index (χ3n) is 3.03. The highest BCUT2D eigenvalue weighted by atomic mass is 16.3. The van der Waals surface area contributed by atoms with Gasteiger partial charge in [0.1, 0.15) is 0 Å². The molecule has 1 aromatic heterocycles. The SMILES string of the molecule is CC1CCCC(O)(c2ccoc2)C1. The Morgan fingerprint density at radius 3 is 3.08 bits per heavy atom. The minimum Gasteiger partial charge on any atom is -0.472 e. The summed E-state index contributed by atoms with van der Waals surface area (Å²) in [6.07, 6.45) is 7.39. The summed E-state index contributed by atoms with van der Waals surface area (Å²) in [6, 6.07) is 1.87. The topological polar surface area (TPSA) is 33.4 Å². The average Bonchev–Trinajstić information content (AvgIpc) is 2.55. The second-order valence-electron chi connectivity index (χ2n) is 4.25. The van der Waals surface area contributed by atoms with E-state index >= 15 is 0 Å². The van der Waals surface area contributed by atoms with E-state index in [1.165, 1.54) is 6.42 Å². The molecule has 0 radical (unpaired) electrons. The van der Waals surface area contributed by atoms with E-state index in [0.29, 0.717) is 5.92 Å². The molecule has 13 heavy (non-hydrogen) atoms. The van der Waals surface area contributed by atoms with Crippen molar-refractivity contribution in [2.45, 2.75) is 38.2 Å². The first-order valence-corrected chi connectivity index (χ1v) is 4.96. The van der Waals surface area contributed by atoms with Gasteiger partial charge in [-0.2, -0.15) is 0 Å². The van der Waals surface area contributed by atoms with Crippen LogP contribution in [0, 0.1) is 5.92 Å². The highest BCUT2D eigenvalue weighted by molar-refractivity contribution is 5.17. The van der Waals surface area contributed by atoms with Crippen molar-refractivity contribution in [2.24, 2.45) is 5.92 Å². The van der Waals surface area contributed by atoms with Gasteiger partial charge in [-0.25, -0.2) is 0 Å². The van der Waals surface area contributed by atoms with Gasteiger partial charge in [-0.1, -0.05) is 13.3 Å². The Balaban J connectivity index is 2.20. The molecule has 1 N–H and O–H groups in total. The highest BCUT2D eigenvalue weighted by Gasteiger charge is 2.34. The standard InChI is InChI=1S/C11H16O2/c1-9-3-2-5-11(12,7-9)10-4-6-13-8-10/h4,6,8-9,12H,2-3,5,7H2,1H3. The Morgan fingerprint density at radius 1 is 1.62 bits per heavy atom. The van der Waals surface area contributed by atoms with Crippen molar-refractivity contribution in [1.82, 2.24) is 0 Å². The van der Waals surface area contributed by atoms with Crippen LogP contribution >= 0.6 is 0 Å². The lowest BCUT2D eigenvalue weighted by molar-refractivity contribution is -0.0183. The van der Waals surface area contributed by atoms with Crippen molar-refractivity contribution in [3.63, 3.8) is 0 Å². The van der Waals surface area contributed by atoms with Gasteiger partial charge in [0, 0.05) is 5.56 Å². The summed E-state index contributed by atoms with van der Waals surface area (Å²) < 4.78 is 5.01. The van der Waals surface area contributed by atoms with Crippen molar-refractivity contribution in [3.8, 4) is 0 Å². The van der Waals surface area contributed by atoms with Crippen molar-refractivity contribution in [3.05, 3.63) is 24.2 Å². The molecule has 0 saturated heterocycles. The third kappa shape index (κ3) is 1.63. The lowest BCUT2D eigenvalue weighted by Gasteiger charge is -2.34. The highest BCUT2D eigenvalue weighted by Crippen LogP contribution is 2.39. The molecule has 2 atom stereocenters. The fraction of sp³-hybridized carbons (Fsp3) is 0.636. The van der Waals surface area contributed by atoms with Crippen molar-refractivity contribution < 1.29 is 9.52 Å². The largest absolute Gasteiger partial charge is 0.472 e. The number of furan rings is 1.